The summed E-state index contributed by atoms with van der Waals surface area (Å²) in [5.74, 6) is 0. The van der Waals surface area contributed by atoms with Gasteiger partial charge in [0.2, 0.25) is 0 Å². The Morgan fingerprint density at radius 2 is 0.667 bits per heavy atom. The second kappa shape index (κ2) is 15.7. The fourth-order valence-corrected chi connectivity index (χ4v) is 11.4. The van der Waals surface area contributed by atoms with Gasteiger partial charge in [0.25, 0.3) is 0 Å². The number of hydrogen-bond donors (Lipinski definition) is 0. The van der Waals surface area contributed by atoms with E-state index in [9.17, 15) is 0 Å². The van der Waals surface area contributed by atoms with Gasteiger partial charge in [-0.3, -0.25) is 0 Å². The molecule has 0 aliphatic heterocycles. The van der Waals surface area contributed by atoms with Gasteiger partial charge in [0, 0.05) is 57.4 Å². The van der Waals surface area contributed by atoms with Crippen molar-refractivity contribution in [1.29, 1.82) is 0 Å². The van der Waals surface area contributed by atoms with E-state index in [1.165, 1.54) is 96.0 Å². The second-order valence-electron chi connectivity index (χ2n) is 16.1. The smallest absolute Gasteiger partial charge is 0.0468 e. The number of benzene rings is 10. The lowest BCUT2D eigenvalue weighted by Crippen LogP contribution is -2.09. The Balaban J connectivity index is 0.958. The number of rotatable bonds is 8. The third-order valence-corrected chi connectivity index (χ3v) is 14.7. The maximum absolute atomic E-state index is 2.41. The molecule has 0 saturated heterocycles. The fourth-order valence-electron chi connectivity index (χ4n) is 9.12. The predicted molar refractivity (Wildman–Crippen MR) is 274 cm³/mol. The molecule has 0 unspecified atom stereocenters. The van der Waals surface area contributed by atoms with Crippen LogP contribution in [-0.4, -0.2) is 0 Å². The lowest BCUT2D eigenvalue weighted by atomic mass is 9.98. The monoisotopic (exact) mass is 837 g/mol. The maximum Gasteiger partial charge on any atom is 0.0468 e. The Morgan fingerprint density at radius 3 is 1.27 bits per heavy atom. The molecule has 12 aromatic rings. The lowest BCUT2D eigenvalue weighted by molar-refractivity contribution is 1.29. The van der Waals surface area contributed by atoms with E-state index in [-0.39, 0.29) is 0 Å². The number of anilines is 3. The van der Waals surface area contributed by atoms with Crippen LogP contribution in [0.2, 0.25) is 0 Å². The van der Waals surface area contributed by atoms with Gasteiger partial charge in [-0.05, 0) is 128 Å². The molecule has 0 radical (unpaired) electrons. The van der Waals surface area contributed by atoms with Gasteiger partial charge < -0.3 is 4.90 Å². The molecule has 3 heteroatoms. The highest BCUT2D eigenvalue weighted by molar-refractivity contribution is 7.26. The highest BCUT2D eigenvalue weighted by Crippen LogP contribution is 2.45. The third kappa shape index (κ3) is 6.89. The van der Waals surface area contributed by atoms with Crippen molar-refractivity contribution in [3.05, 3.63) is 237 Å². The molecule has 0 aliphatic carbocycles. The summed E-state index contributed by atoms with van der Waals surface area (Å²) in [5, 5.41) is 5.21. The molecule has 0 N–H and O–H groups in total. The van der Waals surface area contributed by atoms with Crippen LogP contribution >= 0.6 is 22.7 Å². The summed E-state index contributed by atoms with van der Waals surface area (Å²) in [5.41, 5.74) is 15.5. The highest BCUT2D eigenvalue weighted by Gasteiger charge is 2.17. The van der Waals surface area contributed by atoms with Crippen LogP contribution in [0.15, 0.2) is 237 Å². The van der Waals surface area contributed by atoms with Crippen LogP contribution < -0.4 is 4.90 Å². The molecular formula is C60H39NS2. The van der Waals surface area contributed by atoms with Gasteiger partial charge in [0.05, 0.1) is 0 Å². The fraction of sp³-hybridized carbons (Fsp3) is 0. The molecular weight excluding hydrogens is 799 g/mol. The zero-order valence-corrected chi connectivity index (χ0v) is 35.9. The molecule has 0 fully saturated rings. The van der Waals surface area contributed by atoms with E-state index in [2.05, 4.69) is 241 Å². The minimum Gasteiger partial charge on any atom is -0.310 e. The summed E-state index contributed by atoms with van der Waals surface area (Å²) in [6.45, 7) is 0. The van der Waals surface area contributed by atoms with E-state index in [1.807, 2.05) is 22.7 Å². The highest BCUT2D eigenvalue weighted by atomic mass is 32.1. The summed E-state index contributed by atoms with van der Waals surface area (Å²) in [4.78, 5) is 2.40. The largest absolute Gasteiger partial charge is 0.310 e. The first-order valence-corrected chi connectivity index (χ1v) is 23.0. The summed E-state index contributed by atoms with van der Waals surface area (Å²) in [6, 6.07) is 86.5. The molecule has 0 aliphatic rings. The molecule has 2 heterocycles. The average Bonchev–Trinajstić information content (AvgIpc) is 3.93. The predicted octanol–water partition coefficient (Wildman–Crippen LogP) is 18.2. The molecule has 0 atom stereocenters. The average molecular weight is 838 g/mol. The Labute approximate surface area is 375 Å². The molecule has 10 aromatic carbocycles. The van der Waals surface area contributed by atoms with E-state index in [4.69, 9.17) is 0 Å². The standard InChI is InChI=1S/C60H39NS2/c1-3-12-40(13-4-1)44-16-9-18-46(36-44)42-24-29-49(30-25-42)61(50-31-26-43(27-32-50)47-19-10-17-45(37-47)41-14-5-2-6-15-41)51-33-35-59-56(39-51)55-38-48(28-34-58(55)62-59)52-21-11-22-54-53-20-7-8-23-57(53)63-60(52)54/h1-39H. The molecule has 0 amide bonds. The van der Waals surface area contributed by atoms with Gasteiger partial charge in [-0.2, -0.15) is 0 Å². The first-order chi connectivity index (χ1) is 31.2. The van der Waals surface area contributed by atoms with E-state index >= 15 is 0 Å². The van der Waals surface area contributed by atoms with Crippen LogP contribution in [0.3, 0.4) is 0 Å². The summed E-state index contributed by atoms with van der Waals surface area (Å²) < 4.78 is 5.25. The minimum absolute atomic E-state index is 1.10. The van der Waals surface area contributed by atoms with Crippen molar-refractivity contribution in [1.82, 2.24) is 0 Å². The Bertz CT molecular complexity index is 3470. The summed E-state index contributed by atoms with van der Waals surface area (Å²) in [7, 11) is 0. The first kappa shape index (κ1) is 37.2. The van der Waals surface area contributed by atoms with Crippen LogP contribution in [-0.2, 0) is 0 Å². The van der Waals surface area contributed by atoms with E-state index < -0.39 is 0 Å². The van der Waals surface area contributed by atoms with Crippen LogP contribution in [0.5, 0.6) is 0 Å². The lowest BCUT2D eigenvalue weighted by Gasteiger charge is -2.26. The van der Waals surface area contributed by atoms with Gasteiger partial charge in [-0.25, -0.2) is 0 Å². The number of hydrogen-bond acceptors (Lipinski definition) is 3. The molecule has 0 saturated carbocycles. The Morgan fingerprint density at radius 1 is 0.238 bits per heavy atom. The normalized spacial score (nSPS) is 11.5. The van der Waals surface area contributed by atoms with Gasteiger partial charge in [0.1, 0.15) is 0 Å². The van der Waals surface area contributed by atoms with Crippen LogP contribution in [0.1, 0.15) is 0 Å². The molecule has 0 bridgehead atoms. The Hall–Kier alpha value is -7.56. The van der Waals surface area contributed by atoms with Gasteiger partial charge in [-0.15, -0.1) is 22.7 Å². The third-order valence-electron chi connectivity index (χ3n) is 12.3. The zero-order valence-electron chi connectivity index (χ0n) is 34.3. The van der Waals surface area contributed by atoms with Crippen molar-refractivity contribution in [2.24, 2.45) is 0 Å². The zero-order chi connectivity index (χ0) is 41.7. The van der Waals surface area contributed by atoms with Gasteiger partial charge >= 0.3 is 0 Å². The Kier molecular flexibility index (Phi) is 9.29. The quantitative estimate of drug-likeness (QED) is 0.147. The van der Waals surface area contributed by atoms with Crippen LogP contribution in [0, 0.1) is 0 Å². The molecule has 2 aromatic heterocycles. The summed E-state index contributed by atoms with van der Waals surface area (Å²) in [6.07, 6.45) is 0. The van der Waals surface area contributed by atoms with E-state index in [0.717, 1.165) is 17.1 Å². The van der Waals surface area contributed by atoms with Crippen molar-refractivity contribution in [2.45, 2.75) is 0 Å². The molecule has 1 nitrogen and oxygen atoms in total. The van der Waals surface area contributed by atoms with Crippen molar-refractivity contribution in [2.75, 3.05) is 4.90 Å². The molecule has 63 heavy (non-hydrogen) atoms. The first-order valence-electron chi connectivity index (χ1n) is 21.4. The number of thiophene rings is 2. The number of fused-ring (bicyclic) bond motifs is 6. The van der Waals surface area contributed by atoms with Crippen molar-refractivity contribution in [3.8, 4) is 55.6 Å². The maximum atomic E-state index is 2.41. The van der Waals surface area contributed by atoms with Gasteiger partial charge in [0.15, 0.2) is 0 Å². The SMILES string of the molecule is c1ccc(-c2cccc(-c3ccc(N(c4ccc(-c5cccc(-c6ccccc6)c5)cc4)c4ccc5sc6ccc(-c7cccc8c7sc7ccccc78)cc6c5c4)cc3)c2)cc1. The van der Waals surface area contributed by atoms with E-state index in [0.29, 0.717) is 0 Å². The topological polar surface area (TPSA) is 3.24 Å². The summed E-state index contributed by atoms with van der Waals surface area (Å²) >= 11 is 3.76. The van der Waals surface area contributed by atoms with Crippen molar-refractivity contribution < 1.29 is 0 Å². The minimum atomic E-state index is 1.10. The van der Waals surface area contributed by atoms with Crippen molar-refractivity contribution in [3.63, 3.8) is 0 Å². The van der Waals surface area contributed by atoms with E-state index in [1.54, 1.807) is 0 Å². The molecule has 296 valence electrons. The van der Waals surface area contributed by atoms with Crippen LogP contribution in [0.4, 0.5) is 17.1 Å². The molecule has 0 spiro atoms. The number of nitrogens with zero attached hydrogens (tertiary/aromatic N) is 1. The van der Waals surface area contributed by atoms with Crippen LogP contribution in [0.25, 0.3) is 96.0 Å². The van der Waals surface area contributed by atoms with Gasteiger partial charge in [-0.1, -0.05) is 164 Å². The van der Waals surface area contributed by atoms with Crippen molar-refractivity contribution >= 4 is 80.1 Å². The second-order valence-corrected chi connectivity index (χ2v) is 18.2. The molecule has 12 rings (SSSR count).